The molecule has 0 fully saturated rings. The molecule has 0 aliphatic carbocycles. The minimum Gasteiger partial charge on any atom is -0.305 e. The number of ketones is 1. The molecule has 0 amide bonds. The number of nitrogens with zero attached hydrogens (tertiary/aromatic N) is 3. The number of carbonyl (C=O) groups is 1. The minimum atomic E-state index is 0.0410. The van der Waals surface area contributed by atoms with Crippen molar-refractivity contribution >= 4 is 27.3 Å². The van der Waals surface area contributed by atoms with E-state index in [2.05, 4.69) is 9.97 Å². The van der Waals surface area contributed by atoms with Crippen molar-refractivity contribution in [2.24, 2.45) is 0 Å². The summed E-state index contributed by atoms with van der Waals surface area (Å²) in [6, 6.07) is 3.77. The average molecular weight is 257 g/mol. The van der Waals surface area contributed by atoms with Crippen molar-refractivity contribution in [3.05, 3.63) is 41.4 Å². The van der Waals surface area contributed by atoms with Crippen molar-refractivity contribution in [1.82, 2.24) is 14.5 Å². The molecule has 0 N–H and O–H groups in total. The van der Waals surface area contributed by atoms with Gasteiger partial charge in [0.15, 0.2) is 5.78 Å². The third kappa shape index (κ3) is 1.64. The summed E-state index contributed by atoms with van der Waals surface area (Å²) in [5.74, 6) is 0.0410. The van der Waals surface area contributed by atoms with Gasteiger partial charge in [-0.15, -0.1) is 11.3 Å². The number of imidazole rings is 1. The molecule has 1 aromatic carbocycles. The van der Waals surface area contributed by atoms with E-state index in [0.29, 0.717) is 5.56 Å². The van der Waals surface area contributed by atoms with Crippen LogP contribution in [0.2, 0.25) is 0 Å². The fraction of sp³-hybridized carbons (Fsp3) is 0.154. The van der Waals surface area contributed by atoms with E-state index in [0.717, 1.165) is 21.6 Å². The van der Waals surface area contributed by atoms with Crippen LogP contribution in [0.4, 0.5) is 0 Å². The van der Waals surface area contributed by atoms with Gasteiger partial charge in [-0.05, 0) is 26.0 Å². The van der Waals surface area contributed by atoms with E-state index in [1.54, 1.807) is 18.8 Å². The second-order valence-electron chi connectivity index (χ2n) is 4.14. The molecule has 90 valence electrons. The largest absolute Gasteiger partial charge is 0.305 e. The summed E-state index contributed by atoms with van der Waals surface area (Å²) in [6.45, 7) is 3.51. The molecule has 2 aromatic heterocycles. The Labute approximate surface area is 108 Å². The van der Waals surface area contributed by atoms with Crippen LogP contribution in [0.1, 0.15) is 23.0 Å². The maximum absolute atomic E-state index is 11.6. The van der Waals surface area contributed by atoms with E-state index in [1.807, 2.05) is 29.8 Å². The molecule has 3 aromatic rings. The monoisotopic (exact) mass is 257 g/mol. The number of Topliss-reactive ketones (excluding diaryl/α,β-unsaturated/α-hetero) is 1. The first kappa shape index (κ1) is 11.1. The summed E-state index contributed by atoms with van der Waals surface area (Å²) in [4.78, 5) is 20.1. The number of hydrogen-bond acceptors (Lipinski definition) is 4. The highest BCUT2D eigenvalue weighted by Gasteiger charge is 2.12. The third-order valence-corrected chi connectivity index (χ3v) is 3.68. The van der Waals surface area contributed by atoms with Crippen LogP contribution in [0, 0.1) is 6.92 Å². The van der Waals surface area contributed by atoms with Gasteiger partial charge in [-0.2, -0.15) is 0 Å². The van der Waals surface area contributed by atoms with E-state index in [9.17, 15) is 4.79 Å². The van der Waals surface area contributed by atoms with Gasteiger partial charge < -0.3 is 4.57 Å². The maximum atomic E-state index is 11.6. The zero-order chi connectivity index (χ0) is 12.7. The third-order valence-electron chi connectivity index (χ3n) is 2.83. The molecule has 3 rings (SSSR count). The number of aromatic nitrogens is 3. The molecule has 5 heteroatoms. The highest BCUT2D eigenvalue weighted by atomic mass is 32.1. The summed E-state index contributed by atoms with van der Waals surface area (Å²) in [5.41, 5.74) is 5.19. The van der Waals surface area contributed by atoms with Crippen molar-refractivity contribution < 1.29 is 4.79 Å². The summed E-state index contributed by atoms with van der Waals surface area (Å²) in [7, 11) is 0. The standard InChI is InChI=1S/C13H11N3OS/c1-8-5-16(6-14-8)11-4-3-10(9(2)17)12-13(11)18-7-15-12/h3-7H,1-2H3. The number of aryl methyl sites for hydroxylation is 1. The Balaban J connectivity index is 2.29. The van der Waals surface area contributed by atoms with E-state index in [1.165, 1.54) is 11.3 Å². The number of rotatable bonds is 2. The number of fused-ring (bicyclic) bond motifs is 1. The fourth-order valence-corrected chi connectivity index (χ4v) is 2.81. The molecule has 0 saturated carbocycles. The molecule has 0 saturated heterocycles. The Morgan fingerprint density at radius 3 is 2.83 bits per heavy atom. The quantitative estimate of drug-likeness (QED) is 0.663. The van der Waals surface area contributed by atoms with Crippen LogP contribution < -0.4 is 0 Å². The first-order valence-corrected chi connectivity index (χ1v) is 6.43. The van der Waals surface area contributed by atoms with Gasteiger partial charge in [0.2, 0.25) is 0 Å². The topological polar surface area (TPSA) is 47.8 Å². The predicted octanol–water partition coefficient (Wildman–Crippen LogP) is 2.99. The molecule has 18 heavy (non-hydrogen) atoms. The van der Waals surface area contributed by atoms with Gasteiger partial charge in [0, 0.05) is 11.8 Å². The van der Waals surface area contributed by atoms with Gasteiger partial charge in [0.25, 0.3) is 0 Å². The molecule has 0 unspecified atom stereocenters. The molecule has 0 bridgehead atoms. The number of hydrogen-bond donors (Lipinski definition) is 0. The molecule has 0 atom stereocenters. The number of carbonyl (C=O) groups excluding carboxylic acids is 1. The van der Waals surface area contributed by atoms with Crippen LogP contribution in [0.15, 0.2) is 30.2 Å². The van der Waals surface area contributed by atoms with Crippen LogP contribution in [-0.4, -0.2) is 20.3 Å². The maximum Gasteiger partial charge on any atom is 0.162 e. The summed E-state index contributed by atoms with van der Waals surface area (Å²) < 4.78 is 2.97. The molecule has 2 heterocycles. The van der Waals surface area contributed by atoms with Gasteiger partial charge in [-0.25, -0.2) is 9.97 Å². The van der Waals surface area contributed by atoms with E-state index in [4.69, 9.17) is 0 Å². The Kier molecular flexibility index (Phi) is 2.48. The lowest BCUT2D eigenvalue weighted by atomic mass is 10.1. The molecular weight excluding hydrogens is 246 g/mol. The Hall–Kier alpha value is -2.01. The molecule has 4 nitrogen and oxygen atoms in total. The fourth-order valence-electron chi connectivity index (χ4n) is 1.98. The number of thiazole rings is 1. The summed E-state index contributed by atoms with van der Waals surface area (Å²) >= 11 is 1.54. The van der Waals surface area contributed by atoms with Crippen LogP contribution in [0.3, 0.4) is 0 Å². The molecule has 0 spiro atoms. The SMILES string of the molecule is CC(=O)c1ccc(-n2cnc(C)c2)c2scnc12. The van der Waals surface area contributed by atoms with Gasteiger partial charge in [-0.1, -0.05) is 0 Å². The molecular formula is C13H11N3OS. The van der Waals surface area contributed by atoms with Gasteiger partial charge in [-0.3, -0.25) is 4.79 Å². The second kappa shape index (κ2) is 4.03. The predicted molar refractivity (Wildman–Crippen MR) is 71.5 cm³/mol. The van der Waals surface area contributed by atoms with Crippen molar-refractivity contribution in [1.29, 1.82) is 0 Å². The van der Waals surface area contributed by atoms with E-state index < -0.39 is 0 Å². The van der Waals surface area contributed by atoms with Crippen LogP contribution in [0.5, 0.6) is 0 Å². The summed E-state index contributed by atoms with van der Waals surface area (Å²) in [6.07, 6.45) is 3.74. The van der Waals surface area contributed by atoms with Crippen molar-refractivity contribution in [2.45, 2.75) is 13.8 Å². The lowest BCUT2D eigenvalue weighted by Crippen LogP contribution is -1.97. The van der Waals surface area contributed by atoms with Crippen molar-refractivity contribution in [2.75, 3.05) is 0 Å². The first-order valence-electron chi connectivity index (χ1n) is 5.55. The lowest BCUT2D eigenvalue weighted by Gasteiger charge is -2.05. The highest BCUT2D eigenvalue weighted by molar-refractivity contribution is 7.17. The molecule has 0 aliphatic heterocycles. The van der Waals surface area contributed by atoms with E-state index in [-0.39, 0.29) is 5.78 Å². The normalized spacial score (nSPS) is 11.0. The van der Waals surface area contributed by atoms with Gasteiger partial charge >= 0.3 is 0 Å². The Morgan fingerprint density at radius 1 is 1.33 bits per heavy atom. The van der Waals surface area contributed by atoms with Crippen LogP contribution in [0.25, 0.3) is 15.9 Å². The molecule has 0 radical (unpaired) electrons. The van der Waals surface area contributed by atoms with Crippen molar-refractivity contribution in [3.63, 3.8) is 0 Å². The van der Waals surface area contributed by atoms with Crippen LogP contribution >= 0.6 is 11.3 Å². The zero-order valence-corrected chi connectivity index (χ0v) is 10.9. The van der Waals surface area contributed by atoms with Crippen molar-refractivity contribution in [3.8, 4) is 5.69 Å². The number of benzene rings is 1. The zero-order valence-electron chi connectivity index (χ0n) is 10.0. The van der Waals surface area contributed by atoms with Crippen LogP contribution in [-0.2, 0) is 0 Å². The Morgan fingerprint density at radius 2 is 2.17 bits per heavy atom. The molecule has 0 aliphatic rings. The second-order valence-corrected chi connectivity index (χ2v) is 5.00. The first-order chi connectivity index (χ1) is 8.66. The minimum absolute atomic E-state index is 0.0410. The average Bonchev–Trinajstić information content (AvgIpc) is 2.95. The smallest absolute Gasteiger partial charge is 0.162 e. The highest BCUT2D eigenvalue weighted by Crippen LogP contribution is 2.28. The van der Waals surface area contributed by atoms with E-state index >= 15 is 0 Å². The van der Waals surface area contributed by atoms with Gasteiger partial charge in [0.1, 0.15) is 0 Å². The summed E-state index contributed by atoms with van der Waals surface area (Å²) in [5, 5.41) is 0. The lowest BCUT2D eigenvalue weighted by molar-refractivity contribution is 0.101. The Bertz CT molecular complexity index is 742. The van der Waals surface area contributed by atoms with Gasteiger partial charge in [0.05, 0.1) is 33.4 Å².